The number of rotatable bonds is 8. The van der Waals surface area contributed by atoms with Crippen LogP contribution in [0.5, 0.6) is 5.75 Å². The minimum absolute atomic E-state index is 0.0733. The molecule has 0 saturated carbocycles. The summed E-state index contributed by atoms with van der Waals surface area (Å²) < 4.78 is 7.32. The molecule has 0 bridgehead atoms. The molecule has 1 N–H and O–H groups in total. The molecule has 0 radical (unpaired) electrons. The lowest BCUT2D eigenvalue weighted by molar-refractivity contribution is -0.120. The van der Waals surface area contributed by atoms with Gasteiger partial charge in [0.2, 0.25) is 5.91 Å². The fourth-order valence-corrected chi connectivity index (χ4v) is 4.02. The van der Waals surface area contributed by atoms with Crippen molar-refractivity contribution in [3.05, 3.63) is 59.1 Å². The van der Waals surface area contributed by atoms with Gasteiger partial charge in [0.05, 0.1) is 12.4 Å². The van der Waals surface area contributed by atoms with Crippen molar-refractivity contribution in [1.29, 1.82) is 0 Å². The highest BCUT2D eigenvalue weighted by Gasteiger charge is 2.20. The van der Waals surface area contributed by atoms with Crippen LogP contribution in [0.25, 0.3) is 11.4 Å². The summed E-state index contributed by atoms with van der Waals surface area (Å²) in [6, 6.07) is 15.1. The van der Waals surface area contributed by atoms with Gasteiger partial charge in [-0.15, -0.1) is 10.2 Å². The topological polar surface area (TPSA) is 69.0 Å². The van der Waals surface area contributed by atoms with Crippen LogP contribution in [0.4, 0.5) is 0 Å². The van der Waals surface area contributed by atoms with Crippen LogP contribution in [0, 0.1) is 0 Å². The number of thioether (sulfide) groups is 1. The summed E-state index contributed by atoms with van der Waals surface area (Å²) in [5.74, 6) is 1.42. The highest BCUT2D eigenvalue weighted by Crippen LogP contribution is 2.28. The second-order valence-corrected chi connectivity index (χ2v) is 8.09. The van der Waals surface area contributed by atoms with Gasteiger partial charge in [-0.1, -0.05) is 53.7 Å². The number of para-hydroxylation sites is 1. The van der Waals surface area contributed by atoms with E-state index in [-0.39, 0.29) is 11.2 Å². The third kappa shape index (κ3) is 5.10. The largest absolute Gasteiger partial charge is 0.496 e. The first-order chi connectivity index (χ1) is 14.0. The highest BCUT2D eigenvalue weighted by atomic mass is 35.5. The van der Waals surface area contributed by atoms with Gasteiger partial charge >= 0.3 is 0 Å². The number of aromatic nitrogens is 3. The summed E-state index contributed by atoms with van der Waals surface area (Å²) in [7, 11) is 1.62. The molecule has 1 aromatic heterocycles. The van der Waals surface area contributed by atoms with Gasteiger partial charge in [0.15, 0.2) is 11.0 Å². The number of nitrogens with zero attached hydrogens (tertiary/aromatic N) is 3. The minimum Gasteiger partial charge on any atom is -0.496 e. The molecule has 1 unspecified atom stereocenters. The average Bonchev–Trinajstić information content (AvgIpc) is 3.14. The molecule has 1 heterocycles. The Morgan fingerprint density at radius 2 is 2.03 bits per heavy atom. The molecule has 0 aliphatic heterocycles. The zero-order valence-corrected chi connectivity index (χ0v) is 18.1. The van der Waals surface area contributed by atoms with Crippen LogP contribution in [0.1, 0.15) is 19.4 Å². The standard InChI is InChI=1S/C21H23ClN4O2S/c1-4-26-19(15-9-7-10-17(22)12-15)24-25-21(26)29-14(2)20(27)23-13-16-8-5-6-11-18(16)28-3/h5-12,14H,4,13H2,1-3H3,(H,23,27). The van der Waals surface area contributed by atoms with Crippen molar-refractivity contribution in [2.45, 2.75) is 37.3 Å². The number of methoxy groups -OCH3 is 1. The maximum absolute atomic E-state index is 12.6. The van der Waals surface area contributed by atoms with E-state index in [9.17, 15) is 4.79 Å². The Bertz CT molecular complexity index is 992. The van der Waals surface area contributed by atoms with Crippen molar-refractivity contribution < 1.29 is 9.53 Å². The van der Waals surface area contributed by atoms with E-state index in [1.165, 1.54) is 11.8 Å². The molecule has 0 spiro atoms. The number of amides is 1. The second kappa shape index (κ2) is 9.80. The van der Waals surface area contributed by atoms with Crippen LogP contribution in [-0.4, -0.2) is 33.0 Å². The van der Waals surface area contributed by atoms with Gasteiger partial charge in [-0.2, -0.15) is 0 Å². The Labute approximate surface area is 179 Å². The summed E-state index contributed by atoms with van der Waals surface area (Å²) in [5.41, 5.74) is 1.83. The molecule has 3 rings (SSSR count). The van der Waals surface area contributed by atoms with Crippen molar-refractivity contribution >= 4 is 29.3 Å². The number of carbonyl (C=O) groups is 1. The highest BCUT2D eigenvalue weighted by molar-refractivity contribution is 8.00. The summed E-state index contributed by atoms with van der Waals surface area (Å²) >= 11 is 7.49. The molecular weight excluding hydrogens is 408 g/mol. The van der Waals surface area contributed by atoms with Crippen LogP contribution < -0.4 is 10.1 Å². The van der Waals surface area contributed by atoms with E-state index in [1.807, 2.05) is 66.9 Å². The average molecular weight is 431 g/mol. The van der Waals surface area contributed by atoms with Gasteiger partial charge in [-0.05, 0) is 32.0 Å². The van der Waals surface area contributed by atoms with Crippen LogP contribution in [-0.2, 0) is 17.9 Å². The minimum atomic E-state index is -0.327. The van der Waals surface area contributed by atoms with Gasteiger partial charge < -0.3 is 14.6 Å². The molecule has 0 aliphatic rings. The number of ether oxygens (including phenoxy) is 1. The first-order valence-corrected chi connectivity index (χ1v) is 10.5. The lowest BCUT2D eigenvalue weighted by Crippen LogP contribution is -2.30. The van der Waals surface area contributed by atoms with Crippen molar-refractivity contribution in [3.63, 3.8) is 0 Å². The van der Waals surface area contributed by atoms with Gasteiger partial charge in [0.25, 0.3) is 0 Å². The fourth-order valence-electron chi connectivity index (χ4n) is 2.89. The smallest absolute Gasteiger partial charge is 0.233 e. The molecule has 2 aromatic carbocycles. The van der Waals surface area contributed by atoms with Crippen LogP contribution in [0.2, 0.25) is 5.02 Å². The van der Waals surface area contributed by atoms with Gasteiger partial charge in [0.1, 0.15) is 5.75 Å². The van der Waals surface area contributed by atoms with Crippen molar-refractivity contribution in [1.82, 2.24) is 20.1 Å². The van der Waals surface area contributed by atoms with Crippen molar-refractivity contribution in [2.24, 2.45) is 0 Å². The lowest BCUT2D eigenvalue weighted by atomic mass is 10.2. The van der Waals surface area contributed by atoms with Crippen LogP contribution in [0.3, 0.4) is 0 Å². The molecule has 1 atom stereocenters. The third-order valence-corrected chi connectivity index (χ3v) is 5.73. The van der Waals surface area contributed by atoms with E-state index in [1.54, 1.807) is 7.11 Å². The first-order valence-electron chi connectivity index (χ1n) is 9.28. The summed E-state index contributed by atoms with van der Waals surface area (Å²) in [6.45, 7) is 4.97. The van der Waals surface area contributed by atoms with E-state index >= 15 is 0 Å². The molecule has 6 nitrogen and oxygen atoms in total. The number of benzene rings is 2. The van der Waals surface area contributed by atoms with E-state index in [0.717, 1.165) is 22.7 Å². The zero-order valence-electron chi connectivity index (χ0n) is 16.6. The molecule has 0 fully saturated rings. The normalized spacial score (nSPS) is 11.9. The number of halogens is 1. The molecular formula is C21H23ClN4O2S. The Kier molecular flexibility index (Phi) is 7.17. The second-order valence-electron chi connectivity index (χ2n) is 6.35. The van der Waals surface area contributed by atoms with Crippen molar-refractivity contribution in [3.8, 4) is 17.1 Å². The molecule has 8 heteroatoms. The monoisotopic (exact) mass is 430 g/mol. The predicted molar refractivity (Wildman–Crippen MR) is 116 cm³/mol. The van der Waals surface area contributed by atoms with Gasteiger partial charge in [0, 0.05) is 29.2 Å². The molecule has 3 aromatic rings. The Morgan fingerprint density at radius 3 is 2.76 bits per heavy atom. The van der Waals surface area contributed by atoms with Gasteiger partial charge in [-0.25, -0.2) is 0 Å². The van der Waals surface area contributed by atoms with E-state index < -0.39 is 0 Å². The van der Waals surface area contributed by atoms with E-state index in [2.05, 4.69) is 15.5 Å². The Hall–Kier alpha value is -2.51. The molecule has 29 heavy (non-hydrogen) atoms. The number of hydrogen-bond acceptors (Lipinski definition) is 5. The van der Waals surface area contributed by atoms with Crippen molar-refractivity contribution in [2.75, 3.05) is 7.11 Å². The summed E-state index contributed by atoms with van der Waals surface area (Å²) in [6.07, 6.45) is 0. The maximum Gasteiger partial charge on any atom is 0.233 e. The molecule has 152 valence electrons. The van der Waals surface area contributed by atoms with E-state index in [4.69, 9.17) is 16.3 Å². The quantitative estimate of drug-likeness (QED) is 0.535. The Morgan fingerprint density at radius 1 is 1.24 bits per heavy atom. The first kappa shape index (κ1) is 21.2. The predicted octanol–water partition coefficient (Wildman–Crippen LogP) is 4.42. The number of carbonyl (C=O) groups excluding carboxylic acids is 1. The number of nitrogens with one attached hydrogen (secondary N) is 1. The summed E-state index contributed by atoms with van der Waals surface area (Å²) in [4.78, 5) is 12.6. The lowest BCUT2D eigenvalue weighted by Gasteiger charge is -2.14. The molecule has 1 amide bonds. The van der Waals surface area contributed by atoms with Crippen LogP contribution in [0.15, 0.2) is 53.7 Å². The SMILES string of the molecule is CCn1c(SC(C)C(=O)NCc2ccccc2OC)nnc1-c1cccc(Cl)c1. The summed E-state index contributed by atoms with van der Waals surface area (Å²) in [5, 5.41) is 12.6. The third-order valence-electron chi connectivity index (χ3n) is 4.41. The van der Waals surface area contributed by atoms with E-state index in [0.29, 0.717) is 23.3 Å². The molecule has 0 aliphatic carbocycles. The Balaban J connectivity index is 1.68. The van der Waals surface area contributed by atoms with Gasteiger partial charge in [-0.3, -0.25) is 4.79 Å². The number of hydrogen-bond donors (Lipinski definition) is 1. The fraction of sp³-hybridized carbons (Fsp3) is 0.286. The maximum atomic E-state index is 12.6. The molecule has 0 saturated heterocycles. The van der Waals surface area contributed by atoms with Crippen LogP contribution >= 0.6 is 23.4 Å². The zero-order chi connectivity index (χ0) is 20.8.